The first kappa shape index (κ1) is 22.9. The van der Waals surface area contributed by atoms with E-state index in [1.807, 2.05) is 51.0 Å². The van der Waals surface area contributed by atoms with Gasteiger partial charge in [-0.3, -0.25) is 9.59 Å². The predicted octanol–water partition coefficient (Wildman–Crippen LogP) is 3.78. The van der Waals surface area contributed by atoms with Gasteiger partial charge in [0, 0.05) is 32.9 Å². The molecule has 2 aromatic rings. The first-order valence-electron chi connectivity index (χ1n) is 8.79. The molecule has 0 spiro atoms. The van der Waals surface area contributed by atoms with Crippen LogP contribution in [0, 0.1) is 0 Å². The Morgan fingerprint density at radius 2 is 1.93 bits per heavy atom. The summed E-state index contributed by atoms with van der Waals surface area (Å²) in [6, 6.07) is 5.63. The minimum atomic E-state index is -0.0996. The number of hydrogen-bond donors (Lipinski definition) is 1. The molecule has 10 heteroatoms. The van der Waals surface area contributed by atoms with Gasteiger partial charge in [0.25, 0.3) is 0 Å². The maximum atomic E-state index is 12.1. The van der Waals surface area contributed by atoms with E-state index in [4.69, 9.17) is 12.2 Å². The number of nitrogens with one attached hydrogen (secondary N) is 1. The number of carbonyl (C=O) groups is 2. The largest absolute Gasteiger partial charge is 0.364 e. The van der Waals surface area contributed by atoms with Crippen molar-refractivity contribution in [3.05, 3.63) is 18.2 Å². The number of thiazole rings is 1. The van der Waals surface area contributed by atoms with Crippen molar-refractivity contribution in [1.82, 2.24) is 14.8 Å². The lowest BCUT2D eigenvalue weighted by Gasteiger charge is -2.17. The summed E-state index contributed by atoms with van der Waals surface area (Å²) in [5.74, 6) is 0.674. The summed E-state index contributed by atoms with van der Waals surface area (Å²) in [5, 5.41) is 2.89. The van der Waals surface area contributed by atoms with Crippen LogP contribution in [0.3, 0.4) is 0 Å². The Labute approximate surface area is 183 Å². The van der Waals surface area contributed by atoms with E-state index in [9.17, 15) is 9.59 Å². The molecule has 0 aliphatic heterocycles. The topological polar surface area (TPSA) is 65.5 Å². The molecule has 0 saturated carbocycles. The number of benzene rings is 1. The van der Waals surface area contributed by atoms with E-state index in [0.29, 0.717) is 10.1 Å². The first-order valence-corrected chi connectivity index (χ1v) is 12.0. The summed E-state index contributed by atoms with van der Waals surface area (Å²) in [7, 11) is 3.71. The summed E-state index contributed by atoms with van der Waals surface area (Å²) >= 11 is 9.49. The fourth-order valence-corrected chi connectivity index (χ4v) is 5.06. The number of aromatic nitrogens is 1. The van der Waals surface area contributed by atoms with Gasteiger partial charge < -0.3 is 15.1 Å². The molecular formula is C18H24N4O2S4. The maximum absolute atomic E-state index is 12.1. The zero-order chi connectivity index (χ0) is 20.7. The molecule has 1 heterocycles. The molecule has 1 aromatic heterocycles. The Morgan fingerprint density at radius 1 is 1.21 bits per heavy atom. The normalized spacial score (nSPS) is 10.7. The molecule has 28 heavy (non-hydrogen) atoms. The third kappa shape index (κ3) is 6.61. The molecule has 0 bridgehead atoms. The van der Waals surface area contributed by atoms with E-state index in [0.717, 1.165) is 33.3 Å². The summed E-state index contributed by atoms with van der Waals surface area (Å²) in [5.41, 5.74) is 1.59. The highest BCUT2D eigenvalue weighted by atomic mass is 32.2. The highest BCUT2D eigenvalue weighted by molar-refractivity contribution is 8.23. The Balaban J connectivity index is 1.95. The van der Waals surface area contributed by atoms with E-state index in [1.165, 1.54) is 34.9 Å². The van der Waals surface area contributed by atoms with Gasteiger partial charge in [0.15, 0.2) is 4.34 Å². The average Bonchev–Trinajstić information content (AvgIpc) is 3.07. The number of thiocarbonyl (C=S) groups is 1. The van der Waals surface area contributed by atoms with Crippen molar-refractivity contribution in [2.24, 2.45) is 0 Å². The monoisotopic (exact) mass is 456 g/mol. The number of amides is 2. The SMILES string of the molecule is CCN(CC)C(=O)CSc1nc2ccc(NC(=O)CSC(=S)N(C)C)cc2s1. The smallest absolute Gasteiger partial charge is 0.234 e. The van der Waals surface area contributed by atoms with Crippen LogP contribution in [0.4, 0.5) is 5.69 Å². The quantitative estimate of drug-likeness (QED) is 0.479. The van der Waals surface area contributed by atoms with Gasteiger partial charge in [-0.05, 0) is 32.0 Å². The Morgan fingerprint density at radius 3 is 2.57 bits per heavy atom. The lowest BCUT2D eigenvalue weighted by atomic mass is 10.3. The van der Waals surface area contributed by atoms with Gasteiger partial charge in [-0.2, -0.15) is 0 Å². The summed E-state index contributed by atoms with van der Waals surface area (Å²) < 4.78 is 2.51. The third-order valence-electron chi connectivity index (χ3n) is 3.78. The van der Waals surface area contributed by atoms with Crippen molar-refractivity contribution in [2.75, 3.05) is 44.0 Å². The van der Waals surface area contributed by atoms with Crippen molar-refractivity contribution in [3.8, 4) is 0 Å². The van der Waals surface area contributed by atoms with E-state index in [-0.39, 0.29) is 17.6 Å². The molecule has 0 unspecified atom stereocenters. The van der Waals surface area contributed by atoms with Crippen molar-refractivity contribution in [1.29, 1.82) is 0 Å². The van der Waals surface area contributed by atoms with E-state index in [1.54, 1.807) is 4.90 Å². The fourth-order valence-electron chi connectivity index (χ4n) is 2.29. The van der Waals surface area contributed by atoms with Gasteiger partial charge in [-0.25, -0.2) is 4.98 Å². The highest BCUT2D eigenvalue weighted by Gasteiger charge is 2.13. The Hall–Kier alpha value is -1.36. The van der Waals surface area contributed by atoms with E-state index < -0.39 is 0 Å². The van der Waals surface area contributed by atoms with Crippen molar-refractivity contribution >= 4 is 79.1 Å². The number of anilines is 1. The summed E-state index contributed by atoms with van der Waals surface area (Å²) in [4.78, 5) is 32.4. The molecule has 0 aliphatic rings. The van der Waals surface area contributed by atoms with Crippen LogP contribution in [0.15, 0.2) is 22.5 Å². The standard InChI is InChI=1S/C18H24N4O2S4/c1-5-22(6-2)16(24)11-26-17-20-13-8-7-12(9-14(13)28-17)19-15(23)10-27-18(25)21(3)4/h7-9H,5-6,10-11H2,1-4H3,(H,19,23). The second-order valence-corrected chi connectivity index (χ2v) is 9.88. The van der Waals surface area contributed by atoms with Crippen LogP contribution >= 0.6 is 47.1 Å². The van der Waals surface area contributed by atoms with Crippen LogP contribution in [0.25, 0.3) is 10.2 Å². The zero-order valence-electron chi connectivity index (χ0n) is 16.4. The van der Waals surface area contributed by atoms with Crippen LogP contribution in [0.2, 0.25) is 0 Å². The number of carbonyl (C=O) groups excluding carboxylic acids is 2. The average molecular weight is 457 g/mol. The summed E-state index contributed by atoms with van der Waals surface area (Å²) in [6.07, 6.45) is 0. The van der Waals surface area contributed by atoms with Crippen molar-refractivity contribution in [3.63, 3.8) is 0 Å². The third-order valence-corrected chi connectivity index (χ3v) is 7.66. The molecule has 152 valence electrons. The number of fused-ring (bicyclic) bond motifs is 1. The number of hydrogen-bond acceptors (Lipinski definition) is 7. The van der Waals surface area contributed by atoms with E-state index in [2.05, 4.69) is 10.3 Å². The zero-order valence-corrected chi connectivity index (χ0v) is 19.6. The fraction of sp³-hybridized carbons (Fsp3) is 0.444. The second-order valence-electron chi connectivity index (χ2n) is 6.01. The molecule has 0 aliphatic carbocycles. The molecule has 2 amide bonds. The van der Waals surface area contributed by atoms with Gasteiger partial charge in [0.2, 0.25) is 11.8 Å². The van der Waals surface area contributed by atoms with Crippen LogP contribution < -0.4 is 5.32 Å². The first-order chi connectivity index (χ1) is 13.3. The van der Waals surface area contributed by atoms with E-state index >= 15 is 0 Å². The molecule has 0 radical (unpaired) electrons. The molecule has 0 atom stereocenters. The maximum Gasteiger partial charge on any atom is 0.234 e. The minimum absolute atomic E-state index is 0.0996. The second kappa shape index (κ2) is 11.0. The van der Waals surface area contributed by atoms with Crippen LogP contribution in [0.1, 0.15) is 13.8 Å². The summed E-state index contributed by atoms with van der Waals surface area (Å²) in [6.45, 7) is 5.39. The van der Waals surface area contributed by atoms with Crippen LogP contribution in [0.5, 0.6) is 0 Å². The highest BCUT2D eigenvalue weighted by Crippen LogP contribution is 2.31. The molecule has 1 aromatic carbocycles. The minimum Gasteiger partial charge on any atom is -0.364 e. The molecule has 2 rings (SSSR count). The molecular weight excluding hydrogens is 432 g/mol. The van der Waals surface area contributed by atoms with Crippen molar-refractivity contribution < 1.29 is 9.59 Å². The molecule has 0 fully saturated rings. The van der Waals surface area contributed by atoms with Crippen LogP contribution in [-0.2, 0) is 9.59 Å². The lowest BCUT2D eigenvalue weighted by Crippen LogP contribution is -2.31. The number of nitrogens with zero attached hydrogens (tertiary/aromatic N) is 3. The molecule has 1 N–H and O–H groups in total. The van der Waals surface area contributed by atoms with Gasteiger partial charge >= 0.3 is 0 Å². The predicted molar refractivity (Wildman–Crippen MR) is 126 cm³/mol. The van der Waals surface area contributed by atoms with Gasteiger partial charge in [-0.1, -0.05) is 35.7 Å². The van der Waals surface area contributed by atoms with Gasteiger partial charge in [-0.15, -0.1) is 11.3 Å². The van der Waals surface area contributed by atoms with Crippen molar-refractivity contribution in [2.45, 2.75) is 18.2 Å². The lowest BCUT2D eigenvalue weighted by molar-refractivity contribution is -0.128. The van der Waals surface area contributed by atoms with Crippen LogP contribution in [-0.4, -0.2) is 69.6 Å². The number of rotatable bonds is 8. The van der Waals surface area contributed by atoms with Gasteiger partial charge in [0.05, 0.1) is 21.7 Å². The van der Waals surface area contributed by atoms with Gasteiger partial charge in [0.1, 0.15) is 4.32 Å². The molecule has 0 saturated heterocycles. The Kier molecular flexibility index (Phi) is 9.00. The number of thioether (sulfide) groups is 2. The molecule has 6 nitrogen and oxygen atoms in total. The Bertz CT molecular complexity index is 849.